The minimum atomic E-state index is -0.0491. The topological polar surface area (TPSA) is 71.3 Å². The van der Waals surface area contributed by atoms with Crippen molar-refractivity contribution in [1.29, 1.82) is 0 Å². The molecular weight excluding hydrogens is 242 g/mol. The molecule has 0 spiro atoms. The first-order valence-corrected chi connectivity index (χ1v) is 6.46. The summed E-state index contributed by atoms with van der Waals surface area (Å²) in [5.74, 6) is 0.0400. The van der Waals surface area contributed by atoms with Gasteiger partial charge in [-0.3, -0.25) is 4.79 Å². The molecular formula is C14H17N3O2. The minimum absolute atomic E-state index is 0.0400. The summed E-state index contributed by atoms with van der Waals surface area (Å²) in [4.78, 5) is 17.4. The van der Waals surface area contributed by atoms with Crippen LogP contribution in [0.4, 0.5) is 0 Å². The van der Waals surface area contributed by atoms with Crippen LogP contribution in [0.15, 0.2) is 30.5 Å². The van der Waals surface area contributed by atoms with Gasteiger partial charge in [-0.1, -0.05) is 6.07 Å². The quantitative estimate of drug-likeness (QED) is 0.844. The third-order valence-electron chi connectivity index (χ3n) is 3.49. The van der Waals surface area contributed by atoms with Gasteiger partial charge < -0.3 is 20.4 Å². The van der Waals surface area contributed by atoms with Gasteiger partial charge in [0.15, 0.2) is 0 Å². The van der Waals surface area contributed by atoms with Gasteiger partial charge in [-0.05, 0) is 23.6 Å². The zero-order valence-electron chi connectivity index (χ0n) is 10.6. The Bertz CT molecular complexity index is 593. The first-order chi connectivity index (χ1) is 9.28. The van der Waals surface area contributed by atoms with Crippen molar-refractivity contribution in [2.75, 3.05) is 26.2 Å². The van der Waals surface area contributed by atoms with Gasteiger partial charge >= 0.3 is 0 Å². The van der Waals surface area contributed by atoms with Gasteiger partial charge in [0.1, 0.15) is 0 Å². The molecule has 1 amide bonds. The van der Waals surface area contributed by atoms with Crippen molar-refractivity contribution in [3.63, 3.8) is 0 Å². The van der Waals surface area contributed by atoms with Crippen molar-refractivity contribution in [3.8, 4) is 0 Å². The third-order valence-corrected chi connectivity index (χ3v) is 3.49. The number of benzene rings is 1. The number of carbonyl (C=O) groups excluding carboxylic acids is 1. The van der Waals surface area contributed by atoms with Crippen LogP contribution >= 0.6 is 0 Å². The molecule has 3 N–H and O–H groups in total. The lowest BCUT2D eigenvalue weighted by molar-refractivity contribution is -0.0167. The Morgan fingerprint density at radius 2 is 2.37 bits per heavy atom. The monoisotopic (exact) mass is 259 g/mol. The zero-order valence-corrected chi connectivity index (χ0v) is 10.6. The van der Waals surface area contributed by atoms with E-state index in [1.807, 2.05) is 35.4 Å². The fraction of sp³-hybridized carbons (Fsp3) is 0.357. The van der Waals surface area contributed by atoms with E-state index in [4.69, 9.17) is 10.5 Å². The van der Waals surface area contributed by atoms with Crippen LogP contribution in [0.25, 0.3) is 10.9 Å². The highest BCUT2D eigenvalue weighted by molar-refractivity contribution is 5.98. The van der Waals surface area contributed by atoms with Gasteiger partial charge in [0.25, 0.3) is 5.91 Å². The zero-order chi connectivity index (χ0) is 13.2. The highest BCUT2D eigenvalue weighted by atomic mass is 16.5. The normalized spacial score (nSPS) is 19.8. The molecule has 3 rings (SSSR count). The molecule has 1 aromatic heterocycles. The predicted octanol–water partition coefficient (Wildman–Crippen LogP) is 0.968. The van der Waals surface area contributed by atoms with E-state index < -0.39 is 0 Å². The van der Waals surface area contributed by atoms with Gasteiger partial charge in [0, 0.05) is 36.9 Å². The molecule has 19 heavy (non-hydrogen) atoms. The van der Waals surface area contributed by atoms with Crippen molar-refractivity contribution in [1.82, 2.24) is 9.88 Å². The van der Waals surface area contributed by atoms with Crippen LogP contribution < -0.4 is 5.73 Å². The average molecular weight is 259 g/mol. The average Bonchev–Trinajstić information content (AvgIpc) is 2.94. The molecule has 2 aromatic rings. The fourth-order valence-electron chi connectivity index (χ4n) is 2.41. The van der Waals surface area contributed by atoms with E-state index in [9.17, 15) is 4.79 Å². The maximum absolute atomic E-state index is 12.4. The number of fused-ring (bicyclic) bond motifs is 1. The largest absolute Gasteiger partial charge is 0.373 e. The second-order valence-electron chi connectivity index (χ2n) is 4.76. The van der Waals surface area contributed by atoms with Gasteiger partial charge in [0.2, 0.25) is 0 Å². The van der Waals surface area contributed by atoms with Gasteiger partial charge in [-0.25, -0.2) is 0 Å². The Labute approximate surface area is 111 Å². The van der Waals surface area contributed by atoms with Crippen molar-refractivity contribution < 1.29 is 9.53 Å². The molecule has 1 fully saturated rings. The fourth-order valence-corrected chi connectivity index (χ4v) is 2.41. The van der Waals surface area contributed by atoms with E-state index in [1.165, 1.54) is 0 Å². The lowest BCUT2D eigenvalue weighted by Crippen LogP contribution is -2.48. The van der Waals surface area contributed by atoms with E-state index in [-0.39, 0.29) is 12.0 Å². The van der Waals surface area contributed by atoms with Gasteiger partial charge in [0.05, 0.1) is 12.7 Å². The highest BCUT2D eigenvalue weighted by Gasteiger charge is 2.24. The highest BCUT2D eigenvalue weighted by Crippen LogP contribution is 2.16. The summed E-state index contributed by atoms with van der Waals surface area (Å²) in [7, 11) is 0. The van der Waals surface area contributed by atoms with E-state index in [0.29, 0.717) is 31.8 Å². The summed E-state index contributed by atoms with van der Waals surface area (Å²) < 4.78 is 5.48. The lowest BCUT2D eigenvalue weighted by Gasteiger charge is -2.32. The molecule has 1 aromatic carbocycles. The molecule has 100 valence electrons. The van der Waals surface area contributed by atoms with Crippen molar-refractivity contribution >= 4 is 16.8 Å². The van der Waals surface area contributed by atoms with E-state index in [1.54, 1.807) is 0 Å². The van der Waals surface area contributed by atoms with Gasteiger partial charge in [-0.15, -0.1) is 0 Å². The molecule has 0 radical (unpaired) electrons. The number of H-pyrrole nitrogens is 1. The maximum Gasteiger partial charge on any atom is 0.254 e. The van der Waals surface area contributed by atoms with Crippen LogP contribution in [0.3, 0.4) is 0 Å². The summed E-state index contributed by atoms with van der Waals surface area (Å²) in [6, 6.07) is 7.71. The molecule has 0 bridgehead atoms. The van der Waals surface area contributed by atoms with Crippen LogP contribution in [0.1, 0.15) is 10.4 Å². The molecule has 0 saturated carbocycles. The second kappa shape index (κ2) is 5.03. The molecule has 1 aliphatic rings. The number of carbonyl (C=O) groups is 1. The smallest absolute Gasteiger partial charge is 0.254 e. The Hall–Kier alpha value is -1.85. The Morgan fingerprint density at radius 1 is 1.47 bits per heavy atom. The molecule has 1 aliphatic heterocycles. The van der Waals surface area contributed by atoms with Crippen LogP contribution in [-0.2, 0) is 4.74 Å². The maximum atomic E-state index is 12.4. The van der Waals surface area contributed by atoms with Crippen molar-refractivity contribution in [2.24, 2.45) is 5.73 Å². The van der Waals surface area contributed by atoms with Crippen LogP contribution in [0.5, 0.6) is 0 Å². The molecule has 1 saturated heterocycles. The number of ether oxygens (including phenoxy) is 1. The molecule has 1 atom stereocenters. The van der Waals surface area contributed by atoms with Crippen LogP contribution in [0, 0.1) is 0 Å². The lowest BCUT2D eigenvalue weighted by atomic mass is 10.1. The number of nitrogens with one attached hydrogen (secondary N) is 1. The number of morpholine rings is 1. The summed E-state index contributed by atoms with van der Waals surface area (Å²) >= 11 is 0. The van der Waals surface area contributed by atoms with Crippen LogP contribution in [0.2, 0.25) is 0 Å². The Balaban J connectivity index is 1.82. The number of hydrogen-bond acceptors (Lipinski definition) is 3. The number of aromatic nitrogens is 1. The third kappa shape index (κ3) is 2.34. The molecule has 2 heterocycles. The van der Waals surface area contributed by atoms with Crippen molar-refractivity contribution in [2.45, 2.75) is 6.10 Å². The molecule has 0 aliphatic carbocycles. The standard InChI is InChI=1S/C14H17N3O2/c15-8-12-9-17(5-6-19-12)14(18)11-2-1-10-3-4-16-13(10)7-11/h1-4,7,12,16H,5-6,8-9,15H2. The summed E-state index contributed by atoms with van der Waals surface area (Å²) in [5.41, 5.74) is 7.28. The van der Waals surface area contributed by atoms with E-state index in [2.05, 4.69) is 4.98 Å². The number of amides is 1. The summed E-state index contributed by atoms with van der Waals surface area (Å²) in [6.07, 6.45) is 1.82. The number of nitrogens with two attached hydrogens (primary N) is 1. The molecule has 1 unspecified atom stereocenters. The Morgan fingerprint density at radius 3 is 3.21 bits per heavy atom. The first-order valence-electron chi connectivity index (χ1n) is 6.46. The van der Waals surface area contributed by atoms with E-state index in [0.717, 1.165) is 10.9 Å². The molecule has 5 heteroatoms. The van der Waals surface area contributed by atoms with E-state index >= 15 is 0 Å². The minimum Gasteiger partial charge on any atom is -0.373 e. The Kier molecular flexibility index (Phi) is 3.23. The summed E-state index contributed by atoms with van der Waals surface area (Å²) in [5, 5.41) is 1.11. The van der Waals surface area contributed by atoms with Crippen LogP contribution in [-0.4, -0.2) is 48.1 Å². The first kappa shape index (κ1) is 12.2. The SMILES string of the molecule is NCC1CN(C(=O)c2ccc3cc[nH]c3c2)CCO1. The second-order valence-corrected chi connectivity index (χ2v) is 4.76. The predicted molar refractivity (Wildman–Crippen MR) is 73.0 cm³/mol. The number of nitrogens with zero attached hydrogens (tertiary/aromatic N) is 1. The number of rotatable bonds is 2. The summed E-state index contributed by atoms with van der Waals surface area (Å²) in [6.45, 7) is 2.19. The number of hydrogen-bond donors (Lipinski definition) is 2. The van der Waals surface area contributed by atoms with Crippen molar-refractivity contribution in [3.05, 3.63) is 36.0 Å². The number of aromatic amines is 1. The van der Waals surface area contributed by atoms with Gasteiger partial charge in [-0.2, -0.15) is 0 Å². The molecule has 5 nitrogen and oxygen atoms in total.